The number of aromatic nitrogens is 2. The molecule has 1 aliphatic heterocycles. The number of hydrogen-bond donors (Lipinski definition) is 2. The van der Waals surface area contributed by atoms with E-state index in [-0.39, 0.29) is 17.5 Å². The Hall–Kier alpha value is -1.57. The van der Waals surface area contributed by atoms with Crippen LogP contribution in [-0.2, 0) is 9.47 Å². The minimum Gasteiger partial charge on any atom is -0.388 e. The maximum Gasteiger partial charge on any atom is 0.184 e. The van der Waals surface area contributed by atoms with Gasteiger partial charge in [0.15, 0.2) is 11.4 Å². The molecule has 3 rings (SSSR count). The predicted octanol–water partition coefficient (Wildman–Crippen LogP) is 1.64. The highest BCUT2D eigenvalue weighted by Gasteiger charge is 2.38. The smallest absolute Gasteiger partial charge is 0.184 e. The minimum atomic E-state index is -1.20. The molecule has 2 heterocycles. The van der Waals surface area contributed by atoms with Crippen LogP contribution in [0.4, 0.5) is 0 Å². The maximum absolute atomic E-state index is 10.4. The first kappa shape index (κ1) is 15.3. The van der Waals surface area contributed by atoms with Crippen LogP contribution in [0.5, 0.6) is 0 Å². The van der Waals surface area contributed by atoms with Gasteiger partial charge in [-0.3, -0.25) is 4.98 Å². The fraction of sp³-hybridized carbons (Fsp3) is 0.333. The monoisotopic (exact) mass is 322 g/mol. The summed E-state index contributed by atoms with van der Waals surface area (Å²) in [5, 5.41) is 20.6. The highest BCUT2D eigenvalue weighted by Crippen LogP contribution is 2.33. The van der Waals surface area contributed by atoms with Crippen molar-refractivity contribution >= 4 is 11.6 Å². The third kappa shape index (κ3) is 3.11. The molecule has 7 heteroatoms. The molecule has 1 aromatic carbocycles. The SMILES string of the molecule is O[C@@H]1CO[C@H](c2ccccc2)O[C@@H]1[C@@H](O)c1nccnc1Cl. The lowest BCUT2D eigenvalue weighted by atomic mass is 10.0. The molecular formula is C15H15ClN2O4. The summed E-state index contributed by atoms with van der Waals surface area (Å²) in [4.78, 5) is 7.88. The first-order valence-electron chi connectivity index (χ1n) is 6.81. The molecule has 6 nitrogen and oxygen atoms in total. The van der Waals surface area contributed by atoms with Crippen LogP contribution in [0.1, 0.15) is 23.7 Å². The lowest BCUT2D eigenvalue weighted by Crippen LogP contribution is -2.44. The molecule has 0 spiro atoms. The Labute approximate surface area is 132 Å². The molecule has 1 fully saturated rings. The molecule has 1 aliphatic rings. The maximum atomic E-state index is 10.4. The van der Waals surface area contributed by atoms with Gasteiger partial charge in [-0.25, -0.2) is 4.98 Å². The average molecular weight is 323 g/mol. The van der Waals surface area contributed by atoms with Gasteiger partial charge in [0.1, 0.15) is 24.0 Å². The third-order valence-corrected chi connectivity index (χ3v) is 3.71. The Kier molecular flexibility index (Phi) is 4.66. The summed E-state index contributed by atoms with van der Waals surface area (Å²) in [6.45, 7) is 0.0408. The van der Waals surface area contributed by atoms with E-state index in [1.807, 2.05) is 30.3 Å². The van der Waals surface area contributed by atoms with Crippen molar-refractivity contribution in [3.8, 4) is 0 Å². The Morgan fingerprint density at radius 1 is 1.18 bits per heavy atom. The molecule has 1 saturated heterocycles. The standard InChI is InChI=1S/C15H15ClN2O4/c16-14-11(17-6-7-18-14)12(20)13-10(19)8-21-15(22-13)9-4-2-1-3-5-9/h1-7,10,12-13,15,19-20H,8H2/t10-,12+,13+,15+/m1/s1. The lowest BCUT2D eigenvalue weighted by molar-refractivity contribution is -0.277. The average Bonchev–Trinajstić information content (AvgIpc) is 2.56. The van der Waals surface area contributed by atoms with E-state index in [4.69, 9.17) is 21.1 Å². The van der Waals surface area contributed by atoms with Crippen LogP contribution in [0.2, 0.25) is 5.15 Å². The van der Waals surface area contributed by atoms with Gasteiger partial charge in [0.25, 0.3) is 0 Å². The predicted molar refractivity (Wildman–Crippen MR) is 78.0 cm³/mol. The number of rotatable bonds is 3. The lowest BCUT2D eigenvalue weighted by Gasteiger charge is -2.36. The number of benzene rings is 1. The molecule has 1 aromatic heterocycles. The summed E-state index contributed by atoms with van der Waals surface area (Å²) in [5.74, 6) is 0. The van der Waals surface area contributed by atoms with Gasteiger partial charge in [-0.15, -0.1) is 0 Å². The van der Waals surface area contributed by atoms with Crippen LogP contribution in [0, 0.1) is 0 Å². The van der Waals surface area contributed by atoms with Crippen LogP contribution >= 0.6 is 11.6 Å². The molecule has 0 amide bonds. The van der Waals surface area contributed by atoms with E-state index >= 15 is 0 Å². The van der Waals surface area contributed by atoms with E-state index in [9.17, 15) is 10.2 Å². The Bertz CT molecular complexity index is 628. The summed E-state index contributed by atoms with van der Waals surface area (Å²) >= 11 is 5.94. The van der Waals surface area contributed by atoms with Crippen LogP contribution in [-0.4, -0.2) is 39.0 Å². The van der Waals surface area contributed by atoms with Gasteiger partial charge >= 0.3 is 0 Å². The Morgan fingerprint density at radius 2 is 1.91 bits per heavy atom. The molecule has 2 aromatic rings. The summed E-state index contributed by atoms with van der Waals surface area (Å²) in [5.41, 5.74) is 0.971. The first-order valence-corrected chi connectivity index (χ1v) is 7.19. The van der Waals surface area contributed by atoms with Crippen LogP contribution in [0.25, 0.3) is 0 Å². The van der Waals surface area contributed by atoms with Crippen molar-refractivity contribution in [1.29, 1.82) is 0 Å². The van der Waals surface area contributed by atoms with Gasteiger partial charge in [0.2, 0.25) is 0 Å². The van der Waals surface area contributed by atoms with E-state index < -0.39 is 24.6 Å². The van der Waals surface area contributed by atoms with Crippen molar-refractivity contribution in [1.82, 2.24) is 9.97 Å². The largest absolute Gasteiger partial charge is 0.388 e. The quantitative estimate of drug-likeness (QED) is 0.893. The van der Waals surface area contributed by atoms with Crippen molar-refractivity contribution in [3.05, 3.63) is 59.1 Å². The van der Waals surface area contributed by atoms with Crippen molar-refractivity contribution < 1.29 is 19.7 Å². The van der Waals surface area contributed by atoms with Crippen LogP contribution in [0.15, 0.2) is 42.7 Å². The molecule has 0 aliphatic carbocycles. The van der Waals surface area contributed by atoms with Gasteiger partial charge < -0.3 is 19.7 Å². The molecular weight excluding hydrogens is 308 g/mol. The molecule has 22 heavy (non-hydrogen) atoms. The molecule has 0 saturated carbocycles. The summed E-state index contributed by atoms with van der Waals surface area (Å²) < 4.78 is 11.2. The second-order valence-electron chi connectivity index (χ2n) is 4.92. The molecule has 116 valence electrons. The number of ether oxygens (including phenoxy) is 2. The topological polar surface area (TPSA) is 84.7 Å². The van der Waals surface area contributed by atoms with E-state index in [0.717, 1.165) is 5.56 Å². The Balaban J connectivity index is 1.81. The van der Waals surface area contributed by atoms with Crippen LogP contribution in [0.3, 0.4) is 0 Å². The van der Waals surface area contributed by atoms with Crippen molar-refractivity contribution in [2.45, 2.75) is 24.6 Å². The van der Waals surface area contributed by atoms with E-state index in [1.165, 1.54) is 12.4 Å². The van der Waals surface area contributed by atoms with E-state index in [0.29, 0.717) is 0 Å². The van der Waals surface area contributed by atoms with Crippen LogP contribution < -0.4 is 0 Å². The summed E-state index contributed by atoms with van der Waals surface area (Å²) in [7, 11) is 0. The highest BCUT2D eigenvalue weighted by atomic mass is 35.5. The number of hydrogen-bond acceptors (Lipinski definition) is 6. The summed E-state index contributed by atoms with van der Waals surface area (Å²) in [6.07, 6.45) is -0.926. The van der Waals surface area contributed by atoms with Gasteiger partial charge in [-0.2, -0.15) is 0 Å². The fourth-order valence-corrected chi connectivity index (χ4v) is 2.53. The highest BCUT2D eigenvalue weighted by molar-refractivity contribution is 6.30. The molecule has 2 N–H and O–H groups in total. The fourth-order valence-electron chi connectivity index (χ4n) is 2.31. The normalized spacial score (nSPS) is 26.6. The number of aliphatic hydroxyl groups is 2. The van der Waals surface area contributed by atoms with Gasteiger partial charge in [-0.1, -0.05) is 41.9 Å². The summed E-state index contributed by atoms with van der Waals surface area (Å²) in [6, 6.07) is 9.30. The van der Waals surface area contributed by atoms with Crippen molar-refractivity contribution in [2.75, 3.05) is 6.61 Å². The van der Waals surface area contributed by atoms with Crippen molar-refractivity contribution in [2.24, 2.45) is 0 Å². The second-order valence-corrected chi connectivity index (χ2v) is 5.28. The zero-order valence-electron chi connectivity index (χ0n) is 11.5. The number of nitrogens with zero attached hydrogens (tertiary/aromatic N) is 2. The molecule has 0 bridgehead atoms. The molecule has 0 radical (unpaired) electrons. The van der Waals surface area contributed by atoms with E-state index in [1.54, 1.807) is 0 Å². The zero-order valence-corrected chi connectivity index (χ0v) is 12.3. The number of aliphatic hydroxyl groups excluding tert-OH is 2. The van der Waals surface area contributed by atoms with E-state index in [2.05, 4.69) is 9.97 Å². The van der Waals surface area contributed by atoms with Gasteiger partial charge in [0.05, 0.1) is 6.61 Å². The molecule has 4 atom stereocenters. The van der Waals surface area contributed by atoms with Gasteiger partial charge in [-0.05, 0) is 0 Å². The second kappa shape index (κ2) is 6.68. The molecule has 0 unspecified atom stereocenters. The van der Waals surface area contributed by atoms with Gasteiger partial charge in [0, 0.05) is 18.0 Å². The third-order valence-electron chi connectivity index (χ3n) is 3.42. The van der Waals surface area contributed by atoms with Crippen molar-refractivity contribution in [3.63, 3.8) is 0 Å². The zero-order chi connectivity index (χ0) is 15.5. The Morgan fingerprint density at radius 3 is 2.64 bits per heavy atom. The number of halogens is 1. The first-order chi connectivity index (χ1) is 10.7. The minimum absolute atomic E-state index is 0.0408.